The molecule has 9 heteroatoms. The number of carbonyl (C=O) groups excluding carboxylic acids is 2. The Morgan fingerprint density at radius 3 is 2.50 bits per heavy atom. The van der Waals surface area contributed by atoms with Gasteiger partial charge in [-0.05, 0) is 71.1 Å². The molecule has 0 aliphatic carbocycles. The summed E-state index contributed by atoms with van der Waals surface area (Å²) in [5.74, 6) is 0.499. The molecule has 0 bridgehead atoms. The normalized spacial score (nSPS) is 11.9. The number of amides is 2. The molecular formula is C23H26BrN5O2S. The van der Waals surface area contributed by atoms with E-state index in [-0.39, 0.29) is 29.5 Å². The van der Waals surface area contributed by atoms with Gasteiger partial charge in [0.2, 0.25) is 11.1 Å². The molecule has 3 rings (SSSR count). The van der Waals surface area contributed by atoms with Gasteiger partial charge in [0.05, 0.1) is 17.5 Å². The van der Waals surface area contributed by atoms with Crippen molar-refractivity contribution in [1.29, 1.82) is 0 Å². The van der Waals surface area contributed by atoms with Gasteiger partial charge in [-0.25, -0.2) is 4.98 Å². The lowest BCUT2D eigenvalue weighted by molar-refractivity contribution is -0.113. The number of rotatable bonds is 8. The number of benzene rings is 2. The van der Waals surface area contributed by atoms with E-state index in [1.807, 2.05) is 58.0 Å². The summed E-state index contributed by atoms with van der Waals surface area (Å²) in [6, 6.07) is 12.6. The van der Waals surface area contributed by atoms with Crippen molar-refractivity contribution in [3.63, 3.8) is 0 Å². The minimum Gasteiger partial charge on any atom is -0.342 e. The van der Waals surface area contributed by atoms with E-state index in [2.05, 4.69) is 41.7 Å². The maximum absolute atomic E-state index is 12.6. The minimum absolute atomic E-state index is 0.0962. The topological polar surface area (TPSA) is 99.8 Å². The van der Waals surface area contributed by atoms with E-state index in [0.29, 0.717) is 16.5 Å². The quantitative estimate of drug-likeness (QED) is 0.364. The summed E-state index contributed by atoms with van der Waals surface area (Å²) in [4.78, 5) is 29.5. The molecule has 1 aromatic heterocycles. The van der Waals surface area contributed by atoms with Gasteiger partial charge < -0.3 is 10.6 Å². The first-order valence-electron chi connectivity index (χ1n) is 10.2. The lowest BCUT2D eigenvalue weighted by atomic mass is 10.0. The van der Waals surface area contributed by atoms with Gasteiger partial charge in [-0.3, -0.25) is 14.7 Å². The van der Waals surface area contributed by atoms with E-state index < -0.39 is 0 Å². The zero-order valence-electron chi connectivity index (χ0n) is 18.4. The SMILES string of the molecule is Cc1cc(Br)c(NC(=O)CSc2n[nH]c(C(NC(=O)c3ccccc3)C(C)C)n2)cc1C. The van der Waals surface area contributed by atoms with Crippen molar-refractivity contribution < 1.29 is 9.59 Å². The number of H-pyrrole nitrogens is 1. The van der Waals surface area contributed by atoms with Crippen LogP contribution in [0, 0.1) is 19.8 Å². The molecule has 0 aliphatic heterocycles. The molecule has 32 heavy (non-hydrogen) atoms. The highest BCUT2D eigenvalue weighted by molar-refractivity contribution is 9.10. The van der Waals surface area contributed by atoms with Crippen LogP contribution in [0.2, 0.25) is 0 Å². The van der Waals surface area contributed by atoms with E-state index in [9.17, 15) is 9.59 Å². The first-order chi connectivity index (χ1) is 15.2. The molecule has 168 valence electrons. The lowest BCUT2D eigenvalue weighted by Crippen LogP contribution is -2.32. The molecular weight excluding hydrogens is 490 g/mol. The summed E-state index contributed by atoms with van der Waals surface area (Å²) < 4.78 is 0.841. The van der Waals surface area contributed by atoms with Crippen molar-refractivity contribution in [2.24, 2.45) is 5.92 Å². The molecule has 0 aliphatic rings. The van der Waals surface area contributed by atoms with Crippen molar-refractivity contribution in [2.45, 2.75) is 38.9 Å². The zero-order chi connectivity index (χ0) is 23.3. The van der Waals surface area contributed by atoms with Crippen LogP contribution in [0.25, 0.3) is 0 Å². The second kappa shape index (κ2) is 10.8. The average Bonchev–Trinajstić information content (AvgIpc) is 3.23. The van der Waals surface area contributed by atoms with Crippen molar-refractivity contribution in [3.8, 4) is 0 Å². The molecule has 2 aromatic carbocycles. The first-order valence-corrected chi connectivity index (χ1v) is 12.0. The Morgan fingerprint density at radius 2 is 1.81 bits per heavy atom. The maximum atomic E-state index is 12.6. The van der Waals surface area contributed by atoms with Gasteiger partial charge in [0.15, 0.2) is 0 Å². The van der Waals surface area contributed by atoms with Crippen LogP contribution in [0.1, 0.15) is 47.2 Å². The van der Waals surface area contributed by atoms with Crippen LogP contribution < -0.4 is 10.6 Å². The Labute approximate surface area is 200 Å². The summed E-state index contributed by atoms with van der Waals surface area (Å²) in [5.41, 5.74) is 3.57. The molecule has 0 saturated carbocycles. The largest absolute Gasteiger partial charge is 0.342 e. The van der Waals surface area contributed by atoms with Crippen LogP contribution in [0.5, 0.6) is 0 Å². The Hall–Kier alpha value is -2.65. The molecule has 7 nitrogen and oxygen atoms in total. The van der Waals surface area contributed by atoms with Crippen LogP contribution in [0.3, 0.4) is 0 Å². The van der Waals surface area contributed by atoms with Gasteiger partial charge in [-0.2, -0.15) is 0 Å². The fourth-order valence-corrected chi connectivity index (χ4v) is 4.18. The number of aromatic nitrogens is 3. The Balaban J connectivity index is 1.61. The van der Waals surface area contributed by atoms with Crippen LogP contribution >= 0.6 is 27.7 Å². The fourth-order valence-electron chi connectivity index (χ4n) is 3.02. The van der Waals surface area contributed by atoms with Gasteiger partial charge in [0.25, 0.3) is 5.91 Å². The summed E-state index contributed by atoms with van der Waals surface area (Å²) in [6.45, 7) is 8.03. The summed E-state index contributed by atoms with van der Waals surface area (Å²) in [5, 5.41) is 13.5. The number of carbonyl (C=O) groups is 2. The zero-order valence-corrected chi connectivity index (χ0v) is 20.8. The molecule has 2 amide bonds. The Bertz CT molecular complexity index is 1100. The average molecular weight is 516 g/mol. The molecule has 1 unspecified atom stereocenters. The van der Waals surface area contributed by atoms with Crippen LogP contribution in [-0.2, 0) is 4.79 Å². The van der Waals surface area contributed by atoms with Crippen LogP contribution in [-0.4, -0.2) is 32.7 Å². The number of hydrogen-bond acceptors (Lipinski definition) is 5. The molecule has 1 atom stereocenters. The monoisotopic (exact) mass is 515 g/mol. The third-order valence-electron chi connectivity index (χ3n) is 4.96. The number of nitrogens with zero attached hydrogens (tertiary/aromatic N) is 2. The second-order valence-electron chi connectivity index (χ2n) is 7.82. The van der Waals surface area contributed by atoms with Crippen molar-refractivity contribution in [2.75, 3.05) is 11.1 Å². The number of thioether (sulfide) groups is 1. The Morgan fingerprint density at radius 1 is 1.12 bits per heavy atom. The van der Waals surface area contributed by atoms with E-state index in [4.69, 9.17) is 0 Å². The highest BCUT2D eigenvalue weighted by Gasteiger charge is 2.23. The second-order valence-corrected chi connectivity index (χ2v) is 9.61. The third kappa shape index (κ3) is 6.20. The lowest BCUT2D eigenvalue weighted by Gasteiger charge is -2.19. The third-order valence-corrected chi connectivity index (χ3v) is 6.46. The molecule has 0 spiro atoms. The number of nitrogens with one attached hydrogen (secondary N) is 3. The molecule has 1 heterocycles. The predicted octanol–water partition coefficient (Wildman–Crippen LogP) is 5.04. The van der Waals surface area contributed by atoms with Crippen LogP contribution in [0.4, 0.5) is 5.69 Å². The van der Waals surface area contributed by atoms with Gasteiger partial charge in [0, 0.05) is 10.0 Å². The molecule has 0 radical (unpaired) electrons. The number of anilines is 1. The van der Waals surface area contributed by atoms with E-state index in [1.165, 1.54) is 11.8 Å². The van der Waals surface area contributed by atoms with E-state index in [1.54, 1.807) is 12.1 Å². The summed E-state index contributed by atoms with van der Waals surface area (Å²) in [7, 11) is 0. The van der Waals surface area contributed by atoms with Crippen LogP contribution in [0.15, 0.2) is 52.1 Å². The summed E-state index contributed by atoms with van der Waals surface area (Å²) >= 11 is 4.72. The number of aryl methyl sites for hydroxylation is 2. The minimum atomic E-state index is -0.329. The number of hydrogen-bond donors (Lipinski definition) is 3. The maximum Gasteiger partial charge on any atom is 0.251 e. The Kier molecular flexibility index (Phi) is 8.09. The van der Waals surface area contributed by atoms with Crippen molar-refractivity contribution in [1.82, 2.24) is 20.5 Å². The highest BCUT2D eigenvalue weighted by atomic mass is 79.9. The fraction of sp³-hybridized carbons (Fsp3) is 0.304. The summed E-state index contributed by atoms with van der Waals surface area (Å²) in [6.07, 6.45) is 0. The molecule has 0 fully saturated rings. The predicted molar refractivity (Wildman–Crippen MR) is 131 cm³/mol. The highest BCUT2D eigenvalue weighted by Crippen LogP contribution is 2.27. The van der Waals surface area contributed by atoms with Gasteiger partial charge in [-0.1, -0.05) is 43.8 Å². The standard InChI is InChI=1S/C23H26BrN5O2S/c1-13(2)20(26-22(31)16-8-6-5-7-9-16)21-27-23(29-28-21)32-12-19(30)25-18-11-15(4)14(3)10-17(18)24/h5-11,13,20H,12H2,1-4H3,(H,25,30)(H,26,31)(H,27,28,29). The first kappa shape index (κ1) is 24.0. The molecule has 3 N–H and O–H groups in total. The van der Waals surface area contributed by atoms with Gasteiger partial charge in [-0.15, -0.1) is 5.10 Å². The number of aromatic amines is 1. The van der Waals surface area contributed by atoms with Gasteiger partial charge in [0.1, 0.15) is 5.82 Å². The van der Waals surface area contributed by atoms with E-state index >= 15 is 0 Å². The number of halogens is 1. The molecule has 3 aromatic rings. The van der Waals surface area contributed by atoms with Crippen molar-refractivity contribution in [3.05, 3.63) is 69.5 Å². The van der Waals surface area contributed by atoms with E-state index in [0.717, 1.165) is 21.3 Å². The van der Waals surface area contributed by atoms with Crippen molar-refractivity contribution >= 4 is 45.2 Å². The smallest absolute Gasteiger partial charge is 0.251 e. The van der Waals surface area contributed by atoms with Gasteiger partial charge >= 0.3 is 0 Å². The molecule has 0 saturated heterocycles.